The van der Waals surface area contributed by atoms with E-state index in [4.69, 9.17) is 0 Å². The van der Waals surface area contributed by atoms with Crippen molar-refractivity contribution in [1.29, 1.82) is 0 Å². The minimum Gasteiger partial charge on any atom is -0.772 e. The molecule has 5 nitrogen and oxygen atoms in total. The second-order valence-corrected chi connectivity index (χ2v) is 6.41. The summed E-state index contributed by atoms with van der Waals surface area (Å²) in [7, 11) is 0. The van der Waals surface area contributed by atoms with Crippen LogP contribution in [0.1, 0.15) is 27.0 Å². The topological polar surface area (TPSA) is 97.3 Å². The Balaban J connectivity index is 2.13. The van der Waals surface area contributed by atoms with E-state index >= 15 is 0 Å². The second kappa shape index (κ2) is 7.55. The van der Waals surface area contributed by atoms with Crippen LogP contribution in [0.5, 0.6) is 0 Å². The lowest BCUT2D eigenvalue weighted by Gasteiger charge is -2.07. The number of rotatable bonds is 6. The molecule has 7 heteroatoms. The van der Waals surface area contributed by atoms with Crippen molar-refractivity contribution in [3.05, 3.63) is 70.8 Å². The van der Waals surface area contributed by atoms with E-state index in [-0.39, 0.29) is 17.3 Å². The third-order valence-corrected chi connectivity index (χ3v) is 4.14. The van der Waals surface area contributed by atoms with Crippen molar-refractivity contribution in [1.82, 2.24) is 0 Å². The van der Waals surface area contributed by atoms with Gasteiger partial charge in [-0.05, 0) is 11.1 Å². The molecule has 0 N–H and O–H groups in total. The van der Waals surface area contributed by atoms with Gasteiger partial charge in [0.05, 0.1) is 0 Å². The molecule has 2 unspecified atom stereocenters. The van der Waals surface area contributed by atoms with Crippen molar-refractivity contribution in [3.63, 3.8) is 0 Å². The molecule has 2 aromatic rings. The number of hydrogen-bond acceptors (Lipinski definition) is 5. The average Bonchev–Trinajstić information content (AvgIpc) is 2.47. The van der Waals surface area contributed by atoms with Gasteiger partial charge in [-0.25, -0.2) is 0 Å². The van der Waals surface area contributed by atoms with E-state index in [9.17, 15) is 22.3 Å². The molecule has 0 bridgehead atoms. The maximum absolute atomic E-state index is 12.3. The third-order valence-electron chi connectivity index (χ3n) is 3.00. The fourth-order valence-corrected chi connectivity index (χ4v) is 2.87. The van der Waals surface area contributed by atoms with Crippen molar-refractivity contribution in [2.45, 2.75) is 11.5 Å². The quantitative estimate of drug-likeness (QED) is 0.590. The van der Waals surface area contributed by atoms with Crippen LogP contribution in [-0.2, 0) is 33.7 Å². The molecule has 0 saturated heterocycles. The molecule has 0 aliphatic carbocycles. The van der Waals surface area contributed by atoms with Gasteiger partial charge >= 0.3 is 0 Å². The lowest BCUT2D eigenvalue weighted by molar-refractivity contribution is 0.103. The van der Waals surface area contributed by atoms with E-state index in [0.29, 0.717) is 22.3 Å². The first-order valence-electron chi connectivity index (χ1n) is 6.30. The molecule has 0 aromatic heterocycles. The van der Waals surface area contributed by atoms with Crippen LogP contribution in [0.3, 0.4) is 0 Å². The standard InChI is InChI=1S/C15H14O5S2/c16-15(13-5-1-11(2-6-13)9-21(17)18)14-7-3-12(4-8-14)10-22(19)20/h1-8H,9-10H2,(H,17,18)(H,19,20)/p-2. The molecule has 2 rings (SSSR count). The highest BCUT2D eigenvalue weighted by atomic mass is 32.2. The van der Waals surface area contributed by atoms with Gasteiger partial charge in [0.15, 0.2) is 5.78 Å². The van der Waals surface area contributed by atoms with Crippen LogP contribution in [-0.4, -0.2) is 23.3 Å². The van der Waals surface area contributed by atoms with E-state index in [2.05, 4.69) is 0 Å². The average molecular weight is 336 g/mol. The van der Waals surface area contributed by atoms with E-state index in [0.717, 1.165) is 0 Å². The summed E-state index contributed by atoms with van der Waals surface area (Å²) >= 11 is -4.33. The van der Waals surface area contributed by atoms with E-state index in [1.807, 2.05) is 0 Å². The molecule has 0 amide bonds. The SMILES string of the molecule is O=C(c1ccc(CS(=O)[O-])cc1)c1ccc(CS(=O)[O-])cc1. The smallest absolute Gasteiger partial charge is 0.193 e. The van der Waals surface area contributed by atoms with Gasteiger partial charge in [0.2, 0.25) is 0 Å². The summed E-state index contributed by atoms with van der Waals surface area (Å²) in [5, 5.41) is 0. The summed E-state index contributed by atoms with van der Waals surface area (Å²) in [5.74, 6) is -0.380. The normalized spacial score (nSPS) is 13.5. The molecule has 0 heterocycles. The predicted octanol–water partition coefficient (Wildman–Crippen LogP) is 1.68. The lowest BCUT2D eigenvalue weighted by atomic mass is 10.0. The Bertz CT molecular complexity index is 646. The number of benzene rings is 2. The third kappa shape index (κ3) is 4.67. The first-order valence-corrected chi connectivity index (χ1v) is 8.79. The number of carbonyl (C=O) groups excluding carboxylic acids is 1. The van der Waals surface area contributed by atoms with Gasteiger partial charge in [0.1, 0.15) is 0 Å². The van der Waals surface area contributed by atoms with Gasteiger partial charge < -0.3 is 9.11 Å². The Kier molecular flexibility index (Phi) is 5.73. The van der Waals surface area contributed by atoms with Gasteiger partial charge in [-0.2, -0.15) is 0 Å². The molecule has 22 heavy (non-hydrogen) atoms. The van der Waals surface area contributed by atoms with Crippen molar-refractivity contribution in [3.8, 4) is 0 Å². The largest absolute Gasteiger partial charge is 0.772 e. The molecule has 0 aliphatic rings. The zero-order chi connectivity index (χ0) is 16.1. The monoisotopic (exact) mass is 336 g/mol. The van der Waals surface area contributed by atoms with Gasteiger partial charge in [0.25, 0.3) is 0 Å². The molecular weight excluding hydrogens is 324 g/mol. The summed E-state index contributed by atoms with van der Waals surface area (Å²) in [6.45, 7) is 0. The lowest BCUT2D eigenvalue weighted by Crippen LogP contribution is -2.02. The fraction of sp³-hybridized carbons (Fsp3) is 0.133. The van der Waals surface area contributed by atoms with Crippen molar-refractivity contribution in [2.75, 3.05) is 0 Å². The predicted molar refractivity (Wildman–Crippen MR) is 81.6 cm³/mol. The van der Waals surface area contributed by atoms with Crippen LogP contribution >= 0.6 is 0 Å². The molecule has 2 aromatic carbocycles. The maximum Gasteiger partial charge on any atom is 0.193 e. The molecule has 116 valence electrons. The van der Waals surface area contributed by atoms with Crippen molar-refractivity contribution >= 4 is 27.9 Å². The molecule has 0 spiro atoms. The maximum atomic E-state index is 12.3. The molecule has 0 fully saturated rings. The molecule has 2 atom stereocenters. The van der Waals surface area contributed by atoms with E-state index in [1.54, 1.807) is 48.5 Å². The summed E-state index contributed by atoms with van der Waals surface area (Å²) < 4.78 is 42.4. The van der Waals surface area contributed by atoms with Crippen LogP contribution in [0, 0.1) is 0 Å². The number of hydrogen-bond donors (Lipinski definition) is 0. The number of ketones is 1. The minimum absolute atomic E-state index is 0.0878. The van der Waals surface area contributed by atoms with Crippen LogP contribution in [0.4, 0.5) is 0 Å². The van der Waals surface area contributed by atoms with Gasteiger partial charge in [-0.1, -0.05) is 70.7 Å². The zero-order valence-corrected chi connectivity index (χ0v) is 13.0. The van der Waals surface area contributed by atoms with Gasteiger partial charge in [-0.15, -0.1) is 0 Å². The highest BCUT2D eigenvalue weighted by molar-refractivity contribution is 7.78. The highest BCUT2D eigenvalue weighted by Crippen LogP contribution is 2.13. The Labute approximate surface area is 132 Å². The van der Waals surface area contributed by atoms with Crippen LogP contribution < -0.4 is 0 Å². The van der Waals surface area contributed by atoms with Crippen LogP contribution in [0.15, 0.2) is 48.5 Å². The minimum atomic E-state index is -2.16. The first kappa shape index (κ1) is 16.7. The molecule has 0 saturated carbocycles. The number of carbonyl (C=O) groups is 1. The van der Waals surface area contributed by atoms with E-state index < -0.39 is 22.2 Å². The van der Waals surface area contributed by atoms with Crippen molar-refractivity contribution < 1.29 is 22.3 Å². The Hall–Kier alpha value is -1.67. The summed E-state index contributed by atoms with van der Waals surface area (Å²) in [6, 6.07) is 12.7. The summed E-state index contributed by atoms with van der Waals surface area (Å²) in [5.41, 5.74) is 2.11. The van der Waals surface area contributed by atoms with Crippen LogP contribution in [0.25, 0.3) is 0 Å². The van der Waals surface area contributed by atoms with Crippen molar-refractivity contribution in [2.24, 2.45) is 0 Å². The zero-order valence-electron chi connectivity index (χ0n) is 11.4. The molecular formula is C15H12O5S2-2. The second-order valence-electron chi connectivity index (χ2n) is 4.62. The Morgan fingerprint density at radius 2 is 1.05 bits per heavy atom. The highest BCUT2D eigenvalue weighted by Gasteiger charge is 2.09. The molecule has 0 radical (unpaired) electrons. The van der Waals surface area contributed by atoms with Gasteiger partial charge in [0, 0.05) is 22.6 Å². The summed E-state index contributed by atoms with van der Waals surface area (Å²) in [6.07, 6.45) is 0. The Morgan fingerprint density at radius 1 is 0.727 bits per heavy atom. The Morgan fingerprint density at radius 3 is 1.32 bits per heavy atom. The van der Waals surface area contributed by atoms with Crippen LogP contribution in [0.2, 0.25) is 0 Å². The first-order chi connectivity index (χ1) is 10.5. The fourth-order valence-electron chi connectivity index (χ4n) is 1.94. The molecule has 0 aliphatic heterocycles. The van der Waals surface area contributed by atoms with Gasteiger partial charge in [-0.3, -0.25) is 13.2 Å². The summed E-state index contributed by atoms with van der Waals surface area (Å²) in [4.78, 5) is 12.3. The van der Waals surface area contributed by atoms with E-state index in [1.165, 1.54) is 0 Å².